The van der Waals surface area contributed by atoms with Gasteiger partial charge in [0.25, 0.3) is 0 Å². The van der Waals surface area contributed by atoms with E-state index in [0.717, 1.165) is 32.0 Å². The summed E-state index contributed by atoms with van der Waals surface area (Å²) >= 11 is 0. The Morgan fingerprint density at radius 3 is 2.82 bits per heavy atom. The highest BCUT2D eigenvalue weighted by Gasteiger charge is 2.57. The second-order valence-corrected chi connectivity index (χ2v) is 3.65. The Kier molecular flexibility index (Phi) is 1.06. The van der Waals surface area contributed by atoms with Crippen LogP contribution in [0.4, 0.5) is 0 Å². The van der Waals surface area contributed by atoms with Crippen LogP contribution in [0.15, 0.2) is 12.2 Å². The van der Waals surface area contributed by atoms with Crippen molar-refractivity contribution < 1.29 is 9.47 Å². The van der Waals surface area contributed by atoms with Crippen molar-refractivity contribution in [3.05, 3.63) is 12.2 Å². The first-order chi connectivity index (χ1) is 5.41. The van der Waals surface area contributed by atoms with E-state index in [9.17, 15) is 0 Å². The number of allylic oxidation sites excluding steroid dienone is 2. The summed E-state index contributed by atoms with van der Waals surface area (Å²) in [5, 5.41) is 0. The van der Waals surface area contributed by atoms with Crippen LogP contribution in [0, 0.1) is 11.8 Å². The average molecular weight is 152 g/mol. The molecule has 2 heteroatoms. The van der Waals surface area contributed by atoms with Gasteiger partial charge in [-0.15, -0.1) is 0 Å². The Morgan fingerprint density at radius 1 is 1.27 bits per heavy atom. The van der Waals surface area contributed by atoms with Crippen LogP contribution in [0.5, 0.6) is 0 Å². The summed E-state index contributed by atoms with van der Waals surface area (Å²) in [7, 11) is 0. The topological polar surface area (TPSA) is 18.5 Å². The Balaban J connectivity index is 1.83. The maximum atomic E-state index is 5.63. The van der Waals surface area contributed by atoms with E-state index in [0.29, 0.717) is 5.92 Å². The highest BCUT2D eigenvalue weighted by atomic mass is 16.7. The molecule has 1 saturated heterocycles. The number of rotatable bonds is 0. The number of hydrogen-bond acceptors (Lipinski definition) is 2. The van der Waals surface area contributed by atoms with Crippen molar-refractivity contribution in [3.8, 4) is 0 Å². The zero-order valence-electron chi connectivity index (χ0n) is 6.45. The van der Waals surface area contributed by atoms with E-state index in [1.165, 1.54) is 0 Å². The van der Waals surface area contributed by atoms with Gasteiger partial charge >= 0.3 is 0 Å². The van der Waals surface area contributed by atoms with Crippen LogP contribution in [0.1, 0.15) is 12.8 Å². The molecule has 1 saturated carbocycles. The molecule has 3 rings (SSSR count). The lowest BCUT2D eigenvalue weighted by Crippen LogP contribution is -2.52. The standard InChI is InChI=1S/C9H12O2/c1-2-7-6-9(8(7)3-1)10-4-5-11-9/h1-2,7-8H,3-6H2/t7-,8+/m0/s1. The molecule has 2 atom stereocenters. The Hall–Kier alpha value is -0.340. The molecule has 11 heavy (non-hydrogen) atoms. The maximum Gasteiger partial charge on any atom is 0.172 e. The van der Waals surface area contributed by atoms with Crippen molar-refractivity contribution in [1.29, 1.82) is 0 Å². The second kappa shape index (κ2) is 1.87. The van der Waals surface area contributed by atoms with Crippen LogP contribution in [-0.2, 0) is 9.47 Å². The van der Waals surface area contributed by atoms with Crippen molar-refractivity contribution >= 4 is 0 Å². The van der Waals surface area contributed by atoms with Gasteiger partial charge < -0.3 is 9.47 Å². The minimum atomic E-state index is -0.145. The van der Waals surface area contributed by atoms with Crippen molar-refractivity contribution in [2.75, 3.05) is 13.2 Å². The fraction of sp³-hybridized carbons (Fsp3) is 0.778. The van der Waals surface area contributed by atoms with E-state index in [2.05, 4.69) is 12.2 Å². The zero-order chi connectivity index (χ0) is 7.31. The second-order valence-electron chi connectivity index (χ2n) is 3.65. The minimum Gasteiger partial charge on any atom is -0.347 e. The molecule has 0 amide bonds. The normalized spacial score (nSPS) is 44.4. The lowest BCUT2D eigenvalue weighted by Gasteiger charge is -2.47. The number of fused-ring (bicyclic) bond motifs is 2. The van der Waals surface area contributed by atoms with Crippen LogP contribution in [0.25, 0.3) is 0 Å². The predicted molar refractivity (Wildman–Crippen MR) is 40.0 cm³/mol. The fourth-order valence-electron chi connectivity index (χ4n) is 2.55. The van der Waals surface area contributed by atoms with Crippen molar-refractivity contribution in [2.45, 2.75) is 18.6 Å². The summed E-state index contributed by atoms with van der Waals surface area (Å²) in [5.41, 5.74) is 0. The molecule has 60 valence electrons. The van der Waals surface area contributed by atoms with Gasteiger partial charge in [-0.25, -0.2) is 0 Å². The summed E-state index contributed by atoms with van der Waals surface area (Å²) in [6, 6.07) is 0. The van der Waals surface area contributed by atoms with Gasteiger partial charge in [-0.05, 0) is 12.3 Å². The van der Waals surface area contributed by atoms with Crippen LogP contribution in [-0.4, -0.2) is 19.0 Å². The van der Waals surface area contributed by atoms with E-state index in [1.807, 2.05) is 0 Å². The Morgan fingerprint density at radius 2 is 2.09 bits per heavy atom. The molecular formula is C9H12O2. The third-order valence-corrected chi connectivity index (χ3v) is 3.15. The minimum absolute atomic E-state index is 0.145. The molecule has 2 nitrogen and oxygen atoms in total. The van der Waals surface area contributed by atoms with Gasteiger partial charge in [-0.2, -0.15) is 0 Å². The van der Waals surface area contributed by atoms with Gasteiger partial charge in [0.05, 0.1) is 13.2 Å². The molecule has 0 aromatic heterocycles. The average Bonchev–Trinajstić information content (AvgIpc) is 2.52. The lowest BCUT2D eigenvalue weighted by atomic mass is 9.70. The van der Waals surface area contributed by atoms with E-state index in [-0.39, 0.29) is 5.79 Å². The third-order valence-electron chi connectivity index (χ3n) is 3.15. The van der Waals surface area contributed by atoms with Gasteiger partial charge in [-0.1, -0.05) is 12.2 Å². The van der Waals surface area contributed by atoms with E-state index in [4.69, 9.17) is 9.47 Å². The van der Waals surface area contributed by atoms with E-state index in [1.54, 1.807) is 0 Å². The van der Waals surface area contributed by atoms with Gasteiger partial charge in [0.1, 0.15) is 0 Å². The van der Waals surface area contributed by atoms with Crippen LogP contribution >= 0.6 is 0 Å². The molecule has 3 aliphatic rings. The molecule has 1 spiro atoms. The van der Waals surface area contributed by atoms with Gasteiger partial charge in [0, 0.05) is 12.3 Å². The predicted octanol–water partition coefficient (Wildman–Crippen LogP) is 1.33. The van der Waals surface area contributed by atoms with Crippen LogP contribution in [0.3, 0.4) is 0 Å². The molecular weight excluding hydrogens is 140 g/mol. The third kappa shape index (κ3) is 0.644. The summed E-state index contributed by atoms with van der Waals surface area (Å²) in [5.74, 6) is 1.26. The van der Waals surface area contributed by atoms with Crippen LogP contribution in [0.2, 0.25) is 0 Å². The summed E-state index contributed by atoms with van der Waals surface area (Å²) in [4.78, 5) is 0. The molecule has 0 aromatic carbocycles. The molecule has 0 aromatic rings. The van der Waals surface area contributed by atoms with E-state index < -0.39 is 0 Å². The molecule has 1 aliphatic heterocycles. The molecule has 0 N–H and O–H groups in total. The largest absolute Gasteiger partial charge is 0.347 e. The first-order valence-corrected chi connectivity index (χ1v) is 4.35. The monoisotopic (exact) mass is 152 g/mol. The molecule has 1 heterocycles. The van der Waals surface area contributed by atoms with Gasteiger partial charge in [-0.3, -0.25) is 0 Å². The van der Waals surface area contributed by atoms with Crippen molar-refractivity contribution in [1.82, 2.24) is 0 Å². The van der Waals surface area contributed by atoms with Crippen molar-refractivity contribution in [2.24, 2.45) is 11.8 Å². The fourth-order valence-corrected chi connectivity index (χ4v) is 2.55. The molecule has 0 radical (unpaired) electrons. The first-order valence-electron chi connectivity index (χ1n) is 4.35. The lowest BCUT2D eigenvalue weighted by molar-refractivity contribution is -0.262. The summed E-state index contributed by atoms with van der Waals surface area (Å²) in [6.07, 6.45) is 6.81. The van der Waals surface area contributed by atoms with Gasteiger partial charge in [0.2, 0.25) is 0 Å². The number of ether oxygens (including phenoxy) is 2. The summed E-state index contributed by atoms with van der Waals surface area (Å²) in [6.45, 7) is 1.59. The Labute approximate surface area is 66.2 Å². The van der Waals surface area contributed by atoms with Crippen LogP contribution < -0.4 is 0 Å². The highest BCUT2D eigenvalue weighted by Crippen LogP contribution is 2.54. The highest BCUT2D eigenvalue weighted by molar-refractivity contribution is 5.14. The maximum absolute atomic E-state index is 5.63. The molecule has 0 bridgehead atoms. The van der Waals surface area contributed by atoms with Gasteiger partial charge in [0.15, 0.2) is 5.79 Å². The zero-order valence-corrected chi connectivity index (χ0v) is 6.45. The smallest absolute Gasteiger partial charge is 0.172 e. The summed E-state index contributed by atoms with van der Waals surface area (Å²) < 4.78 is 11.3. The van der Waals surface area contributed by atoms with Crippen molar-refractivity contribution in [3.63, 3.8) is 0 Å². The quantitative estimate of drug-likeness (QED) is 0.487. The SMILES string of the molecule is C1=C[C@H]2CC3(OCCO3)[C@@H]2C1. The molecule has 2 aliphatic carbocycles. The van der Waals surface area contributed by atoms with E-state index >= 15 is 0 Å². The molecule has 0 unspecified atom stereocenters. The molecule has 2 fully saturated rings. The number of hydrogen-bond donors (Lipinski definition) is 0. The first kappa shape index (κ1) is 6.21. The Bertz CT molecular complexity index is 204.